The summed E-state index contributed by atoms with van der Waals surface area (Å²) < 4.78 is 10.9. The molecular weight excluding hydrogens is 416 g/mol. The second-order valence-electron chi connectivity index (χ2n) is 6.86. The quantitative estimate of drug-likeness (QED) is 0.573. The topological polar surface area (TPSA) is 76.7 Å². The van der Waals surface area contributed by atoms with Crippen molar-refractivity contribution in [2.75, 3.05) is 12.4 Å². The van der Waals surface area contributed by atoms with E-state index in [1.54, 1.807) is 55.7 Å². The maximum absolute atomic E-state index is 12.6. The standard InChI is InChI=1S/C24H19ClN2O4/c1-30-19-4-2-3-16(11-19)14-26-23(28)17-7-10-21-20(13-17)27-24(29)22(31-21)12-15-5-8-18(25)9-6-15/h2-13H,14H2,1H3,(H,26,28)(H,27,29)/b22-12-. The van der Waals surface area contributed by atoms with Crippen LogP contribution in [0.3, 0.4) is 0 Å². The number of carbonyl (C=O) groups is 2. The van der Waals surface area contributed by atoms with Crippen molar-refractivity contribution in [3.05, 3.63) is 94.2 Å². The van der Waals surface area contributed by atoms with Crippen molar-refractivity contribution in [2.45, 2.75) is 6.54 Å². The predicted molar refractivity (Wildman–Crippen MR) is 119 cm³/mol. The SMILES string of the molecule is COc1cccc(CNC(=O)c2ccc3c(c2)NC(=O)/C(=C/c2ccc(Cl)cc2)O3)c1. The lowest BCUT2D eigenvalue weighted by atomic mass is 10.1. The summed E-state index contributed by atoms with van der Waals surface area (Å²) in [5.74, 6) is 0.691. The Bertz CT molecular complexity index is 1170. The molecule has 0 saturated carbocycles. The number of hydrogen-bond donors (Lipinski definition) is 2. The maximum atomic E-state index is 12.6. The Morgan fingerprint density at radius 1 is 1.13 bits per heavy atom. The highest BCUT2D eigenvalue weighted by Crippen LogP contribution is 2.32. The minimum absolute atomic E-state index is 0.157. The maximum Gasteiger partial charge on any atom is 0.291 e. The molecule has 0 aliphatic carbocycles. The molecule has 0 radical (unpaired) electrons. The van der Waals surface area contributed by atoms with Crippen molar-refractivity contribution in [2.24, 2.45) is 0 Å². The molecule has 3 aromatic carbocycles. The van der Waals surface area contributed by atoms with Crippen LogP contribution in [0, 0.1) is 0 Å². The van der Waals surface area contributed by atoms with Crippen LogP contribution < -0.4 is 20.1 Å². The fraction of sp³-hybridized carbons (Fsp3) is 0.0833. The van der Waals surface area contributed by atoms with Gasteiger partial charge >= 0.3 is 0 Å². The molecule has 0 aromatic heterocycles. The number of carbonyl (C=O) groups excluding carboxylic acids is 2. The third-order valence-corrected chi connectivity index (χ3v) is 4.94. The molecule has 1 aliphatic rings. The molecule has 0 fully saturated rings. The minimum atomic E-state index is -0.392. The zero-order chi connectivity index (χ0) is 21.8. The summed E-state index contributed by atoms with van der Waals surface area (Å²) in [4.78, 5) is 25.0. The Labute approximate surface area is 184 Å². The monoisotopic (exact) mass is 434 g/mol. The van der Waals surface area contributed by atoms with Gasteiger partial charge in [0.2, 0.25) is 0 Å². The van der Waals surface area contributed by atoms with E-state index in [1.807, 2.05) is 24.3 Å². The number of amides is 2. The first kappa shape index (κ1) is 20.5. The summed E-state index contributed by atoms with van der Waals surface area (Å²) in [6.45, 7) is 0.351. The number of methoxy groups -OCH3 is 1. The molecule has 1 aliphatic heterocycles. The number of nitrogens with one attached hydrogen (secondary N) is 2. The largest absolute Gasteiger partial charge is 0.497 e. The highest BCUT2D eigenvalue weighted by atomic mass is 35.5. The Kier molecular flexibility index (Phi) is 5.91. The number of anilines is 1. The lowest BCUT2D eigenvalue weighted by Crippen LogP contribution is -2.25. The van der Waals surface area contributed by atoms with Crippen LogP contribution in [0.5, 0.6) is 11.5 Å². The lowest BCUT2D eigenvalue weighted by molar-refractivity contribution is -0.115. The van der Waals surface area contributed by atoms with E-state index in [1.165, 1.54) is 0 Å². The molecule has 156 valence electrons. The number of rotatable bonds is 5. The van der Waals surface area contributed by atoms with Crippen LogP contribution in [0.1, 0.15) is 21.5 Å². The molecule has 6 nitrogen and oxygen atoms in total. The van der Waals surface area contributed by atoms with Gasteiger partial charge in [-0.25, -0.2) is 0 Å². The number of fused-ring (bicyclic) bond motifs is 1. The van der Waals surface area contributed by atoms with E-state index in [9.17, 15) is 9.59 Å². The summed E-state index contributed by atoms with van der Waals surface area (Å²) in [7, 11) is 1.59. The minimum Gasteiger partial charge on any atom is -0.497 e. The van der Waals surface area contributed by atoms with Crippen molar-refractivity contribution in [1.29, 1.82) is 0 Å². The van der Waals surface area contributed by atoms with Crippen molar-refractivity contribution < 1.29 is 19.1 Å². The van der Waals surface area contributed by atoms with Crippen molar-refractivity contribution >= 4 is 35.2 Å². The van der Waals surface area contributed by atoms with Gasteiger partial charge in [-0.05, 0) is 59.7 Å². The molecule has 2 N–H and O–H groups in total. The zero-order valence-electron chi connectivity index (χ0n) is 16.6. The van der Waals surface area contributed by atoms with Crippen LogP contribution in [0.25, 0.3) is 6.08 Å². The highest BCUT2D eigenvalue weighted by molar-refractivity contribution is 6.30. The van der Waals surface area contributed by atoms with Gasteiger partial charge in [-0.3, -0.25) is 9.59 Å². The van der Waals surface area contributed by atoms with Crippen molar-refractivity contribution in [1.82, 2.24) is 5.32 Å². The first-order valence-corrected chi connectivity index (χ1v) is 9.91. The molecule has 0 atom stereocenters. The average molecular weight is 435 g/mol. The molecule has 1 heterocycles. The summed E-state index contributed by atoms with van der Waals surface area (Å²) in [5.41, 5.74) is 2.55. The normalized spacial score (nSPS) is 13.7. The van der Waals surface area contributed by atoms with Gasteiger partial charge in [0.25, 0.3) is 11.8 Å². The van der Waals surface area contributed by atoms with E-state index in [0.717, 1.165) is 16.9 Å². The average Bonchev–Trinajstić information content (AvgIpc) is 2.79. The zero-order valence-corrected chi connectivity index (χ0v) is 17.4. The molecule has 2 amide bonds. The predicted octanol–water partition coefficient (Wildman–Crippen LogP) is 4.65. The summed E-state index contributed by atoms with van der Waals surface area (Å²) >= 11 is 5.89. The third-order valence-electron chi connectivity index (χ3n) is 4.69. The van der Waals surface area contributed by atoms with Crippen LogP contribution in [0.15, 0.2) is 72.5 Å². The lowest BCUT2D eigenvalue weighted by Gasteiger charge is -2.20. The Morgan fingerprint density at radius 3 is 2.71 bits per heavy atom. The molecule has 0 unspecified atom stereocenters. The van der Waals surface area contributed by atoms with Crippen LogP contribution in [0.2, 0.25) is 5.02 Å². The van der Waals surface area contributed by atoms with E-state index in [2.05, 4.69) is 10.6 Å². The fourth-order valence-electron chi connectivity index (χ4n) is 3.08. The molecule has 0 saturated heterocycles. The Morgan fingerprint density at radius 2 is 1.94 bits per heavy atom. The van der Waals surface area contributed by atoms with E-state index < -0.39 is 5.91 Å². The molecule has 4 rings (SSSR count). The van der Waals surface area contributed by atoms with Crippen LogP contribution in [0.4, 0.5) is 5.69 Å². The van der Waals surface area contributed by atoms with Gasteiger partial charge in [0, 0.05) is 17.1 Å². The van der Waals surface area contributed by atoms with Gasteiger partial charge in [-0.15, -0.1) is 0 Å². The van der Waals surface area contributed by atoms with Crippen molar-refractivity contribution in [3.8, 4) is 11.5 Å². The van der Waals surface area contributed by atoms with E-state index in [-0.39, 0.29) is 11.7 Å². The van der Waals surface area contributed by atoms with Crippen LogP contribution in [-0.4, -0.2) is 18.9 Å². The molecule has 0 spiro atoms. The third kappa shape index (κ3) is 4.87. The smallest absolute Gasteiger partial charge is 0.291 e. The molecule has 0 bridgehead atoms. The van der Waals surface area contributed by atoms with E-state index >= 15 is 0 Å². The molecular formula is C24H19ClN2O4. The number of halogens is 1. The number of benzene rings is 3. The van der Waals surface area contributed by atoms with Gasteiger partial charge in [0.05, 0.1) is 12.8 Å². The summed E-state index contributed by atoms with van der Waals surface area (Å²) in [6, 6.07) is 19.4. The first-order valence-electron chi connectivity index (χ1n) is 9.53. The highest BCUT2D eigenvalue weighted by Gasteiger charge is 2.23. The van der Waals surface area contributed by atoms with Gasteiger partial charge in [0.1, 0.15) is 5.75 Å². The second kappa shape index (κ2) is 8.93. The van der Waals surface area contributed by atoms with Crippen LogP contribution >= 0.6 is 11.6 Å². The van der Waals surface area contributed by atoms with E-state index in [4.69, 9.17) is 21.1 Å². The van der Waals surface area contributed by atoms with Crippen molar-refractivity contribution in [3.63, 3.8) is 0 Å². The van der Waals surface area contributed by atoms with E-state index in [0.29, 0.717) is 28.6 Å². The number of hydrogen-bond acceptors (Lipinski definition) is 4. The molecule has 7 heteroatoms. The Hall–Kier alpha value is -3.77. The number of ether oxygens (including phenoxy) is 2. The van der Waals surface area contributed by atoms with Gasteiger partial charge in [-0.1, -0.05) is 35.9 Å². The fourth-order valence-corrected chi connectivity index (χ4v) is 3.20. The summed E-state index contributed by atoms with van der Waals surface area (Å²) in [5, 5.41) is 6.24. The second-order valence-corrected chi connectivity index (χ2v) is 7.30. The van der Waals surface area contributed by atoms with Gasteiger partial charge < -0.3 is 20.1 Å². The van der Waals surface area contributed by atoms with Gasteiger partial charge in [-0.2, -0.15) is 0 Å². The molecule has 3 aromatic rings. The first-order chi connectivity index (χ1) is 15.0. The summed E-state index contributed by atoms with van der Waals surface area (Å²) in [6.07, 6.45) is 1.63. The van der Waals surface area contributed by atoms with Crippen LogP contribution in [-0.2, 0) is 11.3 Å². The molecule has 31 heavy (non-hydrogen) atoms. The Balaban J connectivity index is 1.46. The van der Waals surface area contributed by atoms with Gasteiger partial charge in [0.15, 0.2) is 11.5 Å².